The summed E-state index contributed by atoms with van der Waals surface area (Å²) in [6.07, 6.45) is 2.48. The zero-order valence-corrected chi connectivity index (χ0v) is 12.3. The van der Waals surface area contributed by atoms with Gasteiger partial charge in [0.15, 0.2) is 5.82 Å². The third-order valence-corrected chi connectivity index (χ3v) is 3.77. The van der Waals surface area contributed by atoms with E-state index in [1.54, 1.807) is 12.1 Å². The van der Waals surface area contributed by atoms with Gasteiger partial charge in [0.1, 0.15) is 5.82 Å². The molecule has 23 heavy (non-hydrogen) atoms. The summed E-state index contributed by atoms with van der Waals surface area (Å²) in [5.41, 5.74) is 3.01. The molecular weight excluding hydrogens is 293 g/mol. The van der Waals surface area contributed by atoms with Crippen LogP contribution in [-0.4, -0.2) is 21.7 Å². The van der Waals surface area contributed by atoms with Crippen molar-refractivity contribution in [3.63, 3.8) is 0 Å². The highest BCUT2D eigenvalue weighted by Gasteiger charge is 2.22. The van der Waals surface area contributed by atoms with Crippen LogP contribution in [-0.2, 0) is 6.42 Å². The second-order valence-corrected chi connectivity index (χ2v) is 5.31. The summed E-state index contributed by atoms with van der Waals surface area (Å²) >= 11 is 0. The number of rotatable bonds is 3. The van der Waals surface area contributed by atoms with Crippen LogP contribution in [0.2, 0.25) is 0 Å². The van der Waals surface area contributed by atoms with Crippen LogP contribution in [0, 0.1) is 5.82 Å². The van der Waals surface area contributed by atoms with Gasteiger partial charge in [0.2, 0.25) is 0 Å². The first kappa shape index (κ1) is 13.6. The Balaban J connectivity index is 1.62. The summed E-state index contributed by atoms with van der Waals surface area (Å²) in [6, 6.07) is 14.4. The van der Waals surface area contributed by atoms with Gasteiger partial charge in [0, 0.05) is 17.9 Å². The molecule has 6 heteroatoms. The van der Waals surface area contributed by atoms with Crippen molar-refractivity contribution in [3.05, 3.63) is 66.1 Å². The number of para-hydroxylation sites is 1. The summed E-state index contributed by atoms with van der Waals surface area (Å²) in [5, 5.41) is 11.2. The van der Waals surface area contributed by atoms with E-state index in [1.807, 2.05) is 17.0 Å². The first-order chi connectivity index (χ1) is 11.3. The molecule has 1 N–H and O–H groups in total. The van der Waals surface area contributed by atoms with Gasteiger partial charge >= 0.3 is 0 Å². The average molecular weight is 307 g/mol. The lowest BCUT2D eigenvalue weighted by molar-refractivity contribution is 0.628. The highest BCUT2D eigenvalue weighted by molar-refractivity contribution is 5.66. The predicted molar refractivity (Wildman–Crippen MR) is 86.7 cm³/mol. The van der Waals surface area contributed by atoms with Crippen molar-refractivity contribution in [2.75, 3.05) is 16.8 Å². The molecule has 0 atom stereocenters. The van der Waals surface area contributed by atoms with Crippen LogP contribution in [0.25, 0.3) is 0 Å². The van der Waals surface area contributed by atoms with Crippen molar-refractivity contribution in [3.8, 4) is 0 Å². The van der Waals surface area contributed by atoms with E-state index in [4.69, 9.17) is 0 Å². The van der Waals surface area contributed by atoms with Crippen LogP contribution in [0.1, 0.15) is 5.56 Å². The molecule has 1 aromatic heterocycles. The summed E-state index contributed by atoms with van der Waals surface area (Å²) in [6.45, 7) is 0.824. The lowest BCUT2D eigenvalue weighted by Crippen LogP contribution is -2.17. The molecule has 0 aliphatic carbocycles. The van der Waals surface area contributed by atoms with Crippen molar-refractivity contribution in [1.82, 2.24) is 15.2 Å². The van der Waals surface area contributed by atoms with Gasteiger partial charge in [-0.1, -0.05) is 24.3 Å². The molecule has 2 aromatic carbocycles. The monoisotopic (exact) mass is 307 g/mol. The van der Waals surface area contributed by atoms with E-state index in [-0.39, 0.29) is 5.82 Å². The van der Waals surface area contributed by atoms with E-state index in [9.17, 15) is 4.39 Å². The largest absolute Gasteiger partial charge is 0.339 e. The number of aromatic nitrogens is 3. The minimum atomic E-state index is -0.300. The Morgan fingerprint density at radius 3 is 2.91 bits per heavy atom. The molecule has 1 aliphatic heterocycles. The molecule has 0 unspecified atom stereocenters. The molecule has 114 valence electrons. The van der Waals surface area contributed by atoms with E-state index in [1.165, 1.54) is 23.9 Å². The van der Waals surface area contributed by atoms with Gasteiger partial charge in [-0.05, 0) is 36.2 Å². The Bertz CT molecular complexity index is 852. The number of fused-ring (bicyclic) bond motifs is 1. The molecule has 0 saturated carbocycles. The van der Waals surface area contributed by atoms with Gasteiger partial charge in [0.05, 0.1) is 6.20 Å². The number of hydrogen-bond acceptors (Lipinski definition) is 5. The second-order valence-electron chi connectivity index (χ2n) is 5.31. The summed E-state index contributed by atoms with van der Waals surface area (Å²) < 4.78 is 13.3. The topological polar surface area (TPSA) is 53.9 Å². The fourth-order valence-corrected chi connectivity index (χ4v) is 2.73. The highest BCUT2D eigenvalue weighted by Crippen LogP contribution is 2.32. The van der Waals surface area contributed by atoms with Gasteiger partial charge < -0.3 is 10.2 Å². The summed E-state index contributed by atoms with van der Waals surface area (Å²) in [5.74, 6) is 0.770. The van der Waals surface area contributed by atoms with Crippen LogP contribution >= 0.6 is 0 Å². The van der Waals surface area contributed by atoms with Crippen molar-refractivity contribution < 1.29 is 4.39 Å². The fraction of sp³-hybridized carbons (Fsp3) is 0.118. The molecule has 0 radical (unpaired) electrons. The highest BCUT2D eigenvalue weighted by atomic mass is 19.1. The summed E-state index contributed by atoms with van der Waals surface area (Å²) in [7, 11) is 0. The molecule has 0 spiro atoms. The molecule has 4 rings (SSSR count). The van der Waals surface area contributed by atoms with Crippen molar-refractivity contribution in [2.45, 2.75) is 6.42 Å². The first-order valence-electron chi connectivity index (χ1n) is 7.37. The van der Waals surface area contributed by atoms with E-state index >= 15 is 0 Å². The van der Waals surface area contributed by atoms with Crippen molar-refractivity contribution >= 4 is 23.1 Å². The normalized spacial score (nSPS) is 13.0. The third-order valence-electron chi connectivity index (χ3n) is 3.77. The van der Waals surface area contributed by atoms with Crippen LogP contribution < -0.4 is 10.2 Å². The van der Waals surface area contributed by atoms with Gasteiger partial charge in [-0.25, -0.2) is 4.39 Å². The molecule has 2 heterocycles. The van der Waals surface area contributed by atoms with E-state index in [0.29, 0.717) is 17.5 Å². The van der Waals surface area contributed by atoms with Crippen LogP contribution in [0.5, 0.6) is 0 Å². The zero-order chi connectivity index (χ0) is 15.6. The van der Waals surface area contributed by atoms with Gasteiger partial charge in [-0.2, -0.15) is 10.1 Å². The standard InChI is InChI=1S/C17H14FN5/c18-13-5-3-6-14(10-13)20-16-11-19-22-17(21-16)23-9-8-12-4-1-2-7-15(12)23/h1-7,10-11H,8-9H2,(H,20,21,22). The Hall–Kier alpha value is -3.02. The van der Waals surface area contributed by atoms with Gasteiger partial charge in [0.25, 0.3) is 5.95 Å². The van der Waals surface area contributed by atoms with Crippen LogP contribution in [0.4, 0.5) is 27.5 Å². The fourth-order valence-electron chi connectivity index (χ4n) is 2.73. The maximum atomic E-state index is 13.3. The molecule has 5 nitrogen and oxygen atoms in total. The van der Waals surface area contributed by atoms with E-state index < -0.39 is 0 Å². The second kappa shape index (κ2) is 5.64. The molecule has 0 saturated heterocycles. The average Bonchev–Trinajstić information content (AvgIpc) is 2.99. The van der Waals surface area contributed by atoms with Crippen molar-refractivity contribution in [1.29, 1.82) is 0 Å². The lowest BCUT2D eigenvalue weighted by atomic mass is 10.2. The Labute approximate surface area is 132 Å². The van der Waals surface area contributed by atoms with Crippen molar-refractivity contribution in [2.24, 2.45) is 0 Å². The SMILES string of the molecule is Fc1cccc(Nc2cnnc(N3CCc4ccccc43)n2)c1. The Morgan fingerprint density at radius 2 is 2.00 bits per heavy atom. The molecular formula is C17H14FN5. The minimum absolute atomic E-state index is 0.300. The zero-order valence-electron chi connectivity index (χ0n) is 12.3. The molecule has 0 fully saturated rings. The molecule has 1 aliphatic rings. The summed E-state index contributed by atoms with van der Waals surface area (Å²) in [4.78, 5) is 6.54. The smallest absolute Gasteiger partial charge is 0.251 e. The van der Waals surface area contributed by atoms with E-state index in [2.05, 4.69) is 32.6 Å². The number of halogens is 1. The third kappa shape index (κ3) is 2.70. The van der Waals surface area contributed by atoms with Gasteiger partial charge in [-0.3, -0.25) is 0 Å². The number of nitrogens with zero attached hydrogens (tertiary/aromatic N) is 4. The van der Waals surface area contributed by atoms with Crippen LogP contribution in [0.15, 0.2) is 54.7 Å². The number of anilines is 4. The van der Waals surface area contributed by atoms with Gasteiger partial charge in [-0.15, -0.1) is 5.10 Å². The number of benzene rings is 2. The quantitative estimate of drug-likeness (QED) is 0.803. The maximum Gasteiger partial charge on any atom is 0.251 e. The molecule has 0 bridgehead atoms. The lowest BCUT2D eigenvalue weighted by Gasteiger charge is -2.17. The van der Waals surface area contributed by atoms with E-state index in [0.717, 1.165) is 18.7 Å². The maximum absolute atomic E-state index is 13.3. The minimum Gasteiger partial charge on any atom is -0.339 e. The Kier molecular flexibility index (Phi) is 3.34. The number of hydrogen-bond donors (Lipinski definition) is 1. The molecule has 0 amide bonds. The Morgan fingerprint density at radius 1 is 1.09 bits per heavy atom. The predicted octanol–water partition coefficient (Wildman–Crippen LogP) is 3.45. The number of nitrogens with one attached hydrogen (secondary N) is 1. The van der Waals surface area contributed by atoms with Crippen LogP contribution in [0.3, 0.4) is 0 Å². The molecule has 3 aromatic rings. The first-order valence-corrected chi connectivity index (χ1v) is 7.37.